The highest BCUT2D eigenvalue weighted by molar-refractivity contribution is 7.92. The number of methoxy groups -OCH3 is 1. The van der Waals surface area contributed by atoms with Crippen LogP contribution in [-0.2, 0) is 15.4 Å². The second kappa shape index (κ2) is 10.6. The molecule has 0 fully saturated rings. The van der Waals surface area contributed by atoms with Gasteiger partial charge in [-0.25, -0.2) is 17.8 Å². The molecule has 206 valence electrons. The number of ether oxygens (including phenoxy) is 1. The molecule has 1 amide bonds. The fourth-order valence-corrected chi connectivity index (χ4v) is 4.71. The van der Waals surface area contributed by atoms with E-state index in [4.69, 9.17) is 4.74 Å². The summed E-state index contributed by atoms with van der Waals surface area (Å²) in [4.78, 5) is 17.5. The van der Waals surface area contributed by atoms with Crippen molar-refractivity contribution in [3.63, 3.8) is 0 Å². The Morgan fingerprint density at radius 1 is 1.18 bits per heavy atom. The van der Waals surface area contributed by atoms with Crippen molar-refractivity contribution in [1.82, 2.24) is 4.98 Å². The van der Waals surface area contributed by atoms with Gasteiger partial charge in [-0.1, -0.05) is 32.1 Å². The summed E-state index contributed by atoms with van der Waals surface area (Å²) in [5.74, 6) is -1.06. The minimum absolute atomic E-state index is 0.0500. The first-order valence-corrected chi connectivity index (χ1v) is 14.1. The number of anilines is 3. The number of carbonyl (C=O) groups excluding carboxylic acids is 1. The maximum atomic E-state index is 15.0. The van der Waals surface area contributed by atoms with Crippen LogP contribution in [0.5, 0.6) is 5.75 Å². The van der Waals surface area contributed by atoms with Crippen molar-refractivity contribution in [2.75, 3.05) is 35.0 Å². The standard InChI is InChI=1S/C27H31FN6O4S/c1-16-20(28)10-18(11-24(16)34-15-23(31-33-34)17-8-7-9-29-14-17)26(35)30-21-12-19(27(2,3)4)13-22(25(21)38-5)32-39(6,36)37/h7-14,23,32H,15H2,1-6H3,(H,30,35). The third-order valence-corrected chi connectivity index (χ3v) is 6.86. The summed E-state index contributed by atoms with van der Waals surface area (Å²) >= 11 is 0. The third kappa shape index (κ3) is 6.33. The molecule has 0 radical (unpaired) electrons. The molecule has 12 heteroatoms. The second-order valence-electron chi connectivity index (χ2n) is 10.4. The summed E-state index contributed by atoms with van der Waals surface area (Å²) in [6.07, 6.45) is 4.40. The number of hydrogen-bond donors (Lipinski definition) is 2. The van der Waals surface area contributed by atoms with Gasteiger partial charge in [-0.2, -0.15) is 5.11 Å². The van der Waals surface area contributed by atoms with Crippen molar-refractivity contribution in [2.24, 2.45) is 10.3 Å². The van der Waals surface area contributed by atoms with Gasteiger partial charge in [-0.3, -0.25) is 14.5 Å². The number of pyridine rings is 1. The number of carbonyl (C=O) groups is 1. The smallest absolute Gasteiger partial charge is 0.255 e. The first kappa shape index (κ1) is 28.0. The fourth-order valence-electron chi connectivity index (χ4n) is 4.16. The number of halogens is 1. The van der Waals surface area contributed by atoms with E-state index in [0.717, 1.165) is 23.4 Å². The number of benzene rings is 2. The Hall–Kier alpha value is -4.06. The molecular weight excluding hydrogens is 523 g/mol. The van der Waals surface area contributed by atoms with E-state index in [0.29, 0.717) is 17.8 Å². The van der Waals surface area contributed by atoms with E-state index < -0.39 is 21.7 Å². The second-order valence-corrected chi connectivity index (χ2v) is 12.1. The molecule has 3 aromatic rings. The molecule has 0 saturated carbocycles. The monoisotopic (exact) mass is 554 g/mol. The van der Waals surface area contributed by atoms with Gasteiger partial charge >= 0.3 is 0 Å². The molecule has 1 aliphatic heterocycles. The molecule has 1 atom stereocenters. The van der Waals surface area contributed by atoms with E-state index >= 15 is 4.39 Å². The van der Waals surface area contributed by atoms with E-state index in [1.807, 2.05) is 32.9 Å². The zero-order chi connectivity index (χ0) is 28.5. The molecule has 4 rings (SSSR count). The van der Waals surface area contributed by atoms with Crippen LogP contribution in [0.1, 0.15) is 53.9 Å². The molecule has 1 aliphatic rings. The van der Waals surface area contributed by atoms with Crippen molar-refractivity contribution in [1.29, 1.82) is 0 Å². The van der Waals surface area contributed by atoms with Crippen molar-refractivity contribution in [3.8, 4) is 5.75 Å². The summed E-state index contributed by atoms with van der Waals surface area (Å²) in [6, 6.07) is 9.50. The Kier molecular flexibility index (Phi) is 7.60. The average Bonchev–Trinajstić information content (AvgIpc) is 3.34. The van der Waals surface area contributed by atoms with Gasteiger partial charge in [0.05, 0.1) is 37.0 Å². The van der Waals surface area contributed by atoms with Crippen LogP contribution >= 0.6 is 0 Å². The SMILES string of the molecule is COc1c(NC(=O)c2cc(F)c(C)c(N3CC(c4cccnc4)N=N3)c2)cc(C(C)(C)C)cc1NS(C)(=O)=O. The first-order chi connectivity index (χ1) is 18.3. The normalized spacial score (nSPS) is 15.4. The predicted octanol–water partition coefficient (Wildman–Crippen LogP) is 5.39. The van der Waals surface area contributed by atoms with Crippen molar-refractivity contribution < 1.29 is 22.3 Å². The van der Waals surface area contributed by atoms with E-state index in [2.05, 4.69) is 25.4 Å². The average molecular weight is 555 g/mol. The molecule has 0 aliphatic carbocycles. The molecule has 0 bridgehead atoms. The van der Waals surface area contributed by atoms with Gasteiger partial charge in [0.2, 0.25) is 10.0 Å². The zero-order valence-electron chi connectivity index (χ0n) is 22.6. The lowest BCUT2D eigenvalue weighted by Crippen LogP contribution is -2.20. The molecule has 39 heavy (non-hydrogen) atoms. The molecule has 2 aromatic carbocycles. The largest absolute Gasteiger partial charge is 0.492 e. The Balaban J connectivity index is 1.68. The van der Waals surface area contributed by atoms with Gasteiger partial charge in [0.25, 0.3) is 5.91 Å². The van der Waals surface area contributed by atoms with Crippen LogP contribution in [0, 0.1) is 12.7 Å². The Morgan fingerprint density at radius 2 is 1.90 bits per heavy atom. The highest BCUT2D eigenvalue weighted by Gasteiger charge is 2.27. The topological polar surface area (TPSA) is 125 Å². The van der Waals surface area contributed by atoms with E-state index in [1.165, 1.54) is 7.11 Å². The van der Waals surface area contributed by atoms with Crippen LogP contribution in [0.2, 0.25) is 0 Å². The molecule has 1 unspecified atom stereocenters. The van der Waals surface area contributed by atoms with Crippen molar-refractivity contribution >= 4 is 33.0 Å². The van der Waals surface area contributed by atoms with Gasteiger partial charge in [0, 0.05) is 23.5 Å². The minimum atomic E-state index is -3.64. The molecule has 2 N–H and O–H groups in total. The van der Waals surface area contributed by atoms with Crippen LogP contribution < -0.4 is 19.8 Å². The van der Waals surface area contributed by atoms with E-state index in [-0.39, 0.29) is 34.1 Å². The van der Waals surface area contributed by atoms with Gasteiger partial charge in [-0.05, 0) is 53.8 Å². The van der Waals surface area contributed by atoms with E-state index in [1.54, 1.807) is 42.5 Å². The summed E-state index contributed by atoms with van der Waals surface area (Å²) in [5, 5.41) is 12.8. The minimum Gasteiger partial charge on any atom is -0.492 e. The van der Waals surface area contributed by atoms with Crippen LogP contribution in [0.15, 0.2) is 59.1 Å². The first-order valence-electron chi connectivity index (χ1n) is 12.2. The Bertz CT molecular complexity index is 1540. The number of hydrogen-bond acceptors (Lipinski definition) is 8. The summed E-state index contributed by atoms with van der Waals surface area (Å²) in [7, 11) is -2.27. The fraction of sp³-hybridized carbons (Fsp3) is 0.333. The van der Waals surface area contributed by atoms with Gasteiger partial charge in [-0.15, -0.1) is 0 Å². The Morgan fingerprint density at radius 3 is 2.51 bits per heavy atom. The number of rotatable bonds is 7. The maximum absolute atomic E-state index is 15.0. The molecular formula is C27H31FN6O4S. The number of amides is 1. The summed E-state index contributed by atoms with van der Waals surface area (Å²) in [6.45, 7) is 7.83. The number of sulfonamides is 1. The quantitative estimate of drug-likeness (QED) is 0.404. The maximum Gasteiger partial charge on any atom is 0.255 e. The molecule has 2 heterocycles. The number of nitrogens with zero attached hydrogens (tertiary/aromatic N) is 4. The lowest BCUT2D eigenvalue weighted by Gasteiger charge is -2.24. The predicted molar refractivity (Wildman–Crippen MR) is 148 cm³/mol. The van der Waals surface area contributed by atoms with Crippen LogP contribution in [0.25, 0.3) is 0 Å². The summed E-state index contributed by atoms with van der Waals surface area (Å²) in [5.41, 5.74) is 2.44. The molecule has 1 aromatic heterocycles. The van der Waals surface area contributed by atoms with Gasteiger partial charge in [0.1, 0.15) is 11.9 Å². The zero-order valence-corrected chi connectivity index (χ0v) is 23.4. The Labute approximate surface area is 227 Å². The molecule has 10 nitrogen and oxygen atoms in total. The molecule has 0 saturated heterocycles. The summed E-state index contributed by atoms with van der Waals surface area (Å²) < 4.78 is 47.0. The van der Waals surface area contributed by atoms with Crippen molar-refractivity contribution in [3.05, 3.63) is 76.9 Å². The lowest BCUT2D eigenvalue weighted by molar-refractivity contribution is 0.102. The lowest BCUT2D eigenvalue weighted by atomic mass is 9.86. The van der Waals surface area contributed by atoms with Crippen LogP contribution in [0.4, 0.5) is 21.5 Å². The number of nitrogens with one attached hydrogen (secondary N) is 2. The highest BCUT2D eigenvalue weighted by Crippen LogP contribution is 2.40. The van der Waals surface area contributed by atoms with Gasteiger partial charge in [0.15, 0.2) is 5.75 Å². The van der Waals surface area contributed by atoms with Gasteiger partial charge < -0.3 is 10.1 Å². The highest BCUT2D eigenvalue weighted by atomic mass is 32.2. The van der Waals surface area contributed by atoms with E-state index in [9.17, 15) is 13.2 Å². The third-order valence-electron chi connectivity index (χ3n) is 6.27. The van der Waals surface area contributed by atoms with Crippen molar-refractivity contribution in [2.45, 2.75) is 39.2 Å². The van der Waals surface area contributed by atoms with Crippen LogP contribution in [0.3, 0.4) is 0 Å². The number of aromatic nitrogens is 1. The van der Waals surface area contributed by atoms with Crippen LogP contribution in [-0.4, -0.2) is 39.2 Å². The molecule has 0 spiro atoms.